The lowest BCUT2D eigenvalue weighted by Crippen LogP contribution is -2.04. The smallest absolute Gasteiger partial charge is 0.348 e. The maximum absolute atomic E-state index is 12.1. The van der Waals surface area contributed by atoms with Gasteiger partial charge in [-0.15, -0.1) is 22.7 Å². The first-order valence-corrected chi connectivity index (χ1v) is 9.01. The van der Waals surface area contributed by atoms with Crippen molar-refractivity contribution in [3.63, 3.8) is 0 Å². The minimum Gasteiger partial charge on any atom is -0.462 e. The van der Waals surface area contributed by atoms with Crippen molar-refractivity contribution in [3.05, 3.63) is 38.7 Å². The number of fused-ring (bicyclic) bond motifs is 1. The number of anilines is 1. The number of hydrogen-bond donors (Lipinski definition) is 1. The fraction of sp³-hybridized carbons (Fsp3) is 0.312. The van der Waals surface area contributed by atoms with Crippen molar-refractivity contribution in [1.82, 2.24) is 9.97 Å². The zero-order valence-corrected chi connectivity index (χ0v) is 14.8. The van der Waals surface area contributed by atoms with E-state index in [4.69, 9.17) is 4.74 Å². The van der Waals surface area contributed by atoms with Crippen molar-refractivity contribution in [2.24, 2.45) is 0 Å². The molecule has 0 saturated heterocycles. The maximum Gasteiger partial charge on any atom is 0.348 e. The Morgan fingerprint density at radius 2 is 2.17 bits per heavy atom. The average Bonchev–Trinajstić information content (AvgIpc) is 3.13. The van der Waals surface area contributed by atoms with E-state index in [0.29, 0.717) is 23.9 Å². The fourth-order valence-electron chi connectivity index (χ4n) is 2.35. The second kappa shape index (κ2) is 6.64. The number of thiophene rings is 2. The van der Waals surface area contributed by atoms with Gasteiger partial charge < -0.3 is 10.1 Å². The quantitative estimate of drug-likeness (QED) is 0.702. The summed E-state index contributed by atoms with van der Waals surface area (Å²) in [6, 6.07) is 4.10. The molecule has 0 unspecified atom stereocenters. The Morgan fingerprint density at radius 3 is 2.87 bits per heavy atom. The molecule has 3 heterocycles. The minimum atomic E-state index is -0.296. The second-order valence-electron chi connectivity index (χ2n) is 5.01. The zero-order valence-electron chi connectivity index (χ0n) is 13.2. The number of carbonyl (C=O) groups is 1. The van der Waals surface area contributed by atoms with Gasteiger partial charge >= 0.3 is 5.97 Å². The summed E-state index contributed by atoms with van der Waals surface area (Å²) in [6.45, 7) is 6.64. The molecule has 7 heteroatoms. The van der Waals surface area contributed by atoms with Crippen molar-refractivity contribution in [2.75, 3.05) is 11.9 Å². The monoisotopic (exact) mass is 347 g/mol. The van der Waals surface area contributed by atoms with E-state index in [1.54, 1.807) is 18.3 Å². The number of carbonyl (C=O) groups excluding carboxylic acids is 1. The third-order valence-electron chi connectivity index (χ3n) is 3.37. The molecule has 5 nitrogen and oxygen atoms in total. The van der Waals surface area contributed by atoms with Crippen LogP contribution in [0.3, 0.4) is 0 Å². The summed E-state index contributed by atoms with van der Waals surface area (Å²) in [7, 11) is 0. The van der Waals surface area contributed by atoms with Gasteiger partial charge in [-0.3, -0.25) is 0 Å². The van der Waals surface area contributed by atoms with Crippen LogP contribution < -0.4 is 5.32 Å². The Kier molecular flexibility index (Phi) is 4.58. The number of nitrogens with zero attached hydrogens (tertiary/aromatic N) is 2. The fourth-order valence-corrected chi connectivity index (χ4v) is 4.11. The summed E-state index contributed by atoms with van der Waals surface area (Å²) in [5.74, 6) is 1.16. The van der Waals surface area contributed by atoms with Gasteiger partial charge in [-0.05, 0) is 37.8 Å². The Balaban J connectivity index is 2.01. The van der Waals surface area contributed by atoms with Crippen LogP contribution in [-0.2, 0) is 11.3 Å². The molecule has 120 valence electrons. The van der Waals surface area contributed by atoms with Crippen LogP contribution in [-0.4, -0.2) is 22.5 Å². The molecule has 3 rings (SSSR count). The molecule has 3 aromatic rings. The largest absolute Gasteiger partial charge is 0.462 e. The van der Waals surface area contributed by atoms with Crippen molar-refractivity contribution < 1.29 is 9.53 Å². The Labute approximate surface area is 142 Å². The number of rotatable bonds is 5. The molecule has 0 radical (unpaired) electrons. The van der Waals surface area contributed by atoms with E-state index in [1.165, 1.54) is 16.2 Å². The lowest BCUT2D eigenvalue weighted by molar-refractivity contribution is 0.0531. The van der Waals surface area contributed by atoms with Crippen LogP contribution in [0.4, 0.5) is 5.82 Å². The van der Waals surface area contributed by atoms with Gasteiger partial charge in [0.15, 0.2) is 0 Å². The molecule has 0 aromatic carbocycles. The van der Waals surface area contributed by atoms with Gasteiger partial charge in [0.2, 0.25) is 0 Å². The van der Waals surface area contributed by atoms with Crippen LogP contribution in [0.25, 0.3) is 10.2 Å². The van der Waals surface area contributed by atoms with Gasteiger partial charge in [-0.2, -0.15) is 0 Å². The lowest BCUT2D eigenvalue weighted by atomic mass is 10.2. The Hall–Kier alpha value is -1.99. The predicted octanol–water partition coefficient (Wildman–Crippen LogP) is 4.16. The first-order valence-electron chi connectivity index (χ1n) is 7.31. The summed E-state index contributed by atoms with van der Waals surface area (Å²) < 4.78 is 5.13. The van der Waals surface area contributed by atoms with Gasteiger partial charge in [0.05, 0.1) is 18.5 Å². The number of aryl methyl sites for hydroxylation is 2. The molecule has 0 aliphatic heterocycles. The predicted molar refractivity (Wildman–Crippen MR) is 94.5 cm³/mol. The Bertz CT molecular complexity index is 841. The standard InChI is InChI=1S/C16H17N3O2S2/c1-4-21-16(20)13-9(2)12-14(17-8-11-6-5-7-22-11)18-10(3)19-15(12)23-13/h5-7H,4,8H2,1-3H3,(H,17,18,19). The first-order chi connectivity index (χ1) is 11.1. The van der Waals surface area contributed by atoms with Crippen molar-refractivity contribution >= 4 is 44.7 Å². The summed E-state index contributed by atoms with van der Waals surface area (Å²) in [4.78, 5) is 23.7. The minimum absolute atomic E-state index is 0.296. The van der Waals surface area contributed by atoms with E-state index >= 15 is 0 Å². The number of aromatic nitrogens is 2. The van der Waals surface area contributed by atoms with Crippen LogP contribution in [0, 0.1) is 13.8 Å². The van der Waals surface area contributed by atoms with Crippen LogP contribution in [0.1, 0.15) is 32.9 Å². The summed E-state index contributed by atoms with van der Waals surface area (Å²) >= 11 is 3.06. The number of esters is 1. The summed E-state index contributed by atoms with van der Waals surface area (Å²) in [5.41, 5.74) is 0.872. The third-order valence-corrected chi connectivity index (χ3v) is 5.42. The number of nitrogens with one attached hydrogen (secondary N) is 1. The van der Waals surface area contributed by atoms with E-state index in [2.05, 4.69) is 21.4 Å². The molecule has 0 amide bonds. The molecular formula is C16H17N3O2S2. The summed E-state index contributed by atoms with van der Waals surface area (Å²) in [6.07, 6.45) is 0. The lowest BCUT2D eigenvalue weighted by Gasteiger charge is -2.07. The van der Waals surface area contributed by atoms with Crippen molar-refractivity contribution in [3.8, 4) is 0 Å². The van der Waals surface area contributed by atoms with Crippen LogP contribution >= 0.6 is 22.7 Å². The molecule has 0 aliphatic carbocycles. The molecule has 0 spiro atoms. The molecule has 0 atom stereocenters. The summed E-state index contributed by atoms with van der Waals surface area (Å²) in [5, 5.41) is 6.32. The molecule has 3 aromatic heterocycles. The maximum atomic E-state index is 12.1. The highest BCUT2D eigenvalue weighted by atomic mass is 32.1. The molecular weight excluding hydrogens is 330 g/mol. The second-order valence-corrected chi connectivity index (χ2v) is 7.04. The van der Waals surface area contributed by atoms with Gasteiger partial charge in [0, 0.05) is 4.88 Å². The van der Waals surface area contributed by atoms with Crippen LogP contribution in [0.15, 0.2) is 17.5 Å². The molecule has 0 fully saturated rings. The average molecular weight is 347 g/mol. The van der Waals surface area contributed by atoms with E-state index in [1.807, 2.05) is 25.3 Å². The van der Waals surface area contributed by atoms with Gasteiger partial charge in [0.25, 0.3) is 0 Å². The van der Waals surface area contributed by atoms with E-state index in [0.717, 1.165) is 21.6 Å². The van der Waals surface area contributed by atoms with Gasteiger partial charge in [-0.25, -0.2) is 14.8 Å². The normalized spacial score (nSPS) is 10.9. The van der Waals surface area contributed by atoms with Crippen molar-refractivity contribution in [2.45, 2.75) is 27.3 Å². The highest BCUT2D eigenvalue weighted by Gasteiger charge is 2.20. The highest BCUT2D eigenvalue weighted by Crippen LogP contribution is 2.34. The highest BCUT2D eigenvalue weighted by molar-refractivity contribution is 7.20. The van der Waals surface area contributed by atoms with Gasteiger partial charge in [-0.1, -0.05) is 6.07 Å². The number of hydrogen-bond acceptors (Lipinski definition) is 7. The van der Waals surface area contributed by atoms with E-state index < -0.39 is 0 Å². The molecule has 0 bridgehead atoms. The van der Waals surface area contributed by atoms with Crippen LogP contribution in [0.5, 0.6) is 0 Å². The number of ether oxygens (including phenoxy) is 1. The first kappa shape index (κ1) is 15.9. The zero-order chi connectivity index (χ0) is 16.4. The van der Waals surface area contributed by atoms with Crippen LogP contribution in [0.2, 0.25) is 0 Å². The molecule has 0 aliphatic rings. The van der Waals surface area contributed by atoms with Crippen molar-refractivity contribution in [1.29, 1.82) is 0 Å². The SMILES string of the molecule is CCOC(=O)c1sc2nc(C)nc(NCc3cccs3)c2c1C. The third kappa shape index (κ3) is 3.20. The van der Waals surface area contributed by atoms with E-state index in [9.17, 15) is 4.79 Å². The molecule has 23 heavy (non-hydrogen) atoms. The molecule has 0 saturated carbocycles. The van der Waals surface area contributed by atoms with Gasteiger partial charge in [0.1, 0.15) is 21.3 Å². The molecule has 1 N–H and O–H groups in total. The topological polar surface area (TPSA) is 64.1 Å². The van der Waals surface area contributed by atoms with E-state index in [-0.39, 0.29) is 5.97 Å². The Morgan fingerprint density at radius 1 is 1.35 bits per heavy atom.